The summed E-state index contributed by atoms with van der Waals surface area (Å²) in [6, 6.07) is 3.43. The van der Waals surface area contributed by atoms with Crippen molar-refractivity contribution in [1.29, 1.82) is 0 Å². The molecule has 2 aromatic rings. The van der Waals surface area contributed by atoms with Gasteiger partial charge in [-0.05, 0) is 35.6 Å². The third-order valence-electron chi connectivity index (χ3n) is 4.67. The summed E-state index contributed by atoms with van der Waals surface area (Å²) in [5, 5.41) is 23.3. The molecule has 3 rings (SSSR count). The van der Waals surface area contributed by atoms with Crippen molar-refractivity contribution in [2.75, 3.05) is 5.32 Å². The Bertz CT molecular complexity index is 825. The molecule has 4 nitrogen and oxygen atoms in total. The van der Waals surface area contributed by atoms with Gasteiger partial charge in [-0.15, -0.1) is 0 Å². The summed E-state index contributed by atoms with van der Waals surface area (Å²) >= 11 is 5.82. The molecule has 0 aliphatic heterocycles. The first-order valence-corrected chi connectivity index (χ1v) is 8.38. The summed E-state index contributed by atoms with van der Waals surface area (Å²) in [5.41, 5.74) is -0.850. The molecular formula is C18H18ClF3N2O2. The maximum atomic E-state index is 13.4. The number of benzene rings is 1. The molecule has 0 bridgehead atoms. The lowest BCUT2D eigenvalue weighted by atomic mass is 9.68. The van der Waals surface area contributed by atoms with Crippen molar-refractivity contribution in [3.63, 3.8) is 0 Å². The van der Waals surface area contributed by atoms with Crippen LogP contribution in [0.15, 0.2) is 30.6 Å². The van der Waals surface area contributed by atoms with E-state index in [0.717, 1.165) is 6.07 Å². The summed E-state index contributed by atoms with van der Waals surface area (Å²) in [7, 11) is 0. The number of halogens is 4. The standard InChI is InChI=1S/C18H18ClF3N2O2/c1-17(2)7-12(25)15(24-9-4-3-5-23-8-9)10-6-11(18(20,21)22)14(19)16(26)13(10)17/h3-6,8,12,15,24-26H,7H2,1-2H3. The van der Waals surface area contributed by atoms with Gasteiger partial charge in [-0.1, -0.05) is 25.4 Å². The predicted octanol–water partition coefficient (Wildman–Crippen LogP) is 4.65. The Hall–Kier alpha value is -1.99. The van der Waals surface area contributed by atoms with Gasteiger partial charge in [0.1, 0.15) is 5.75 Å². The van der Waals surface area contributed by atoms with E-state index < -0.39 is 40.1 Å². The maximum Gasteiger partial charge on any atom is 0.417 e. The molecule has 0 fully saturated rings. The van der Waals surface area contributed by atoms with Crippen LogP contribution in [0.2, 0.25) is 5.02 Å². The maximum absolute atomic E-state index is 13.4. The first-order chi connectivity index (χ1) is 12.0. The molecular weight excluding hydrogens is 369 g/mol. The Morgan fingerprint density at radius 2 is 2.04 bits per heavy atom. The topological polar surface area (TPSA) is 65.4 Å². The molecule has 26 heavy (non-hydrogen) atoms. The Morgan fingerprint density at radius 1 is 1.35 bits per heavy atom. The Kier molecular flexibility index (Phi) is 4.56. The summed E-state index contributed by atoms with van der Waals surface area (Å²) in [4.78, 5) is 3.95. The van der Waals surface area contributed by atoms with Gasteiger partial charge in [0.25, 0.3) is 0 Å². The predicted molar refractivity (Wildman–Crippen MR) is 92.4 cm³/mol. The van der Waals surface area contributed by atoms with Crippen LogP contribution < -0.4 is 5.32 Å². The Morgan fingerprint density at radius 3 is 2.62 bits per heavy atom. The van der Waals surface area contributed by atoms with Crippen LogP contribution in [-0.4, -0.2) is 21.3 Å². The van der Waals surface area contributed by atoms with E-state index in [-0.39, 0.29) is 12.0 Å². The van der Waals surface area contributed by atoms with Crippen molar-refractivity contribution in [2.24, 2.45) is 0 Å². The first kappa shape index (κ1) is 18.8. The van der Waals surface area contributed by atoms with Crippen LogP contribution in [0, 0.1) is 0 Å². The van der Waals surface area contributed by atoms with E-state index in [1.807, 2.05) is 0 Å². The molecule has 0 saturated heterocycles. The quantitative estimate of drug-likeness (QED) is 0.702. The van der Waals surface area contributed by atoms with E-state index in [1.54, 1.807) is 32.2 Å². The highest BCUT2D eigenvalue weighted by Crippen LogP contribution is 2.52. The summed E-state index contributed by atoms with van der Waals surface area (Å²) in [6.07, 6.45) is -2.37. The number of pyridine rings is 1. The average molecular weight is 387 g/mol. The highest BCUT2D eigenvalue weighted by Gasteiger charge is 2.44. The fourth-order valence-electron chi connectivity index (χ4n) is 3.58. The molecule has 8 heteroatoms. The number of phenolic OH excluding ortho intramolecular Hbond substituents is 1. The number of alkyl halides is 3. The minimum Gasteiger partial charge on any atom is -0.506 e. The molecule has 0 saturated carbocycles. The van der Waals surface area contributed by atoms with Gasteiger partial charge >= 0.3 is 6.18 Å². The highest BCUT2D eigenvalue weighted by molar-refractivity contribution is 6.33. The molecule has 1 heterocycles. The van der Waals surface area contributed by atoms with Crippen molar-refractivity contribution in [3.8, 4) is 5.75 Å². The molecule has 1 aliphatic carbocycles. The highest BCUT2D eigenvalue weighted by atomic mass is 35.5. The largest absolute Gasteiger partial charge is 0.506 e. The van der Waals surface area contributed by atoms with Crippen molar-refractivity contribution < 1.29 is 23.4 Å². The summed E-state index contributed by atoms with van der Waals surface area (Å²) in [5.74, 6) is -0.591. The molecule has 1 aromatic carbocycles. The Labute approximate surface area is 153 Å². The molecule has 0 radical (unpaired) electrons. The fraction of sp³-hybridized carbons (Fsp3) is 0.389. The van der Waals surface area contributed by atoms with Crippen molar-refractivity contribution >= 4 is 17.3 Å². The third kappa shape index (κ3) is 3.21. The number of fused-ring (bicyclic) bond motifs is 1. The van der Waals surface area contributed by atoms with E-state index in [1.165, 1.54) is 6.20 Å². The van der Waals surface area contributed by atoms with Crippen LogP contribution in [0.1, 0.15) is 43.0 Å². The number of phenols is 1. The number of aromatic hydroxyl groups is 1. The number of aliphatic hydroxyl groups excluding tert-OH is 1. The van der Waals surface area contributed by atoms with E-state index in [4.69, 9.17) is 11.6 Å². The zero-order valence-electron chi connectivity index (χ0n) is 14.1. The second-order valence-electron chi connectivity index (χ2n) is 7.07. The molecule has 1 aromatic heterocycles. The van der Waals surface area contributed by atoms with Gasteiger partial charge in [0.15, 0.2) is 0 Å². The summed E-state index contributed by atoms with van der Waals surface area (Å²) in [6.45, 7) is 3.50. The van der Waals surface area contributed by atoms with E-state index in [9.17, 15) is 23.4 Å². The SMILES string of the molecule is CC1(C)CC(O)C(Nc2cccnc2)c2cc(C(F)(F)F)c(Cl)c(O)c21. The van der Waals surface area contributed by atoms with Gasteiger partial charge in [0.05, 0.1) is 28.4 Å². The van der Waals surface area contributed by atoms with Crippen molar-refractivity contribution in [1.82, 2.24) is 4.98 Å². The number of nitrogens with one attached hydrogen (secondary N) is 1. The number of rotatable bonds is 2. The zero-order chi connectivity index (χ0) is 19.3. The van der Waals surface area contributed by atoms with Gasteiger partial charge in [0, 0.05) is 18.0 Å². The van der Waals surface area contributed by atoms with Gasteiger partial charge in [-0.25, -0.2) is 0 Å². The summed E-state index contributed by atoms with van der Waals surface area (Å²) < 4.78 is 40.1. The molecule has 140 valence electrons. The number of hydrogen-bond acceptors (Lipinski definition) is 4. The number of nitrogens with zero attached hydrogens (tertiary/aromatic N) is 1. The number of hydrogen-bond donors (Lipinski definition) is 3. The van der Waals surface area contributed by atoms with E-state index in [0.29, 0.717) is 11.3 Å². The number of anilines is 1. The molecule has 2 atom stereocenters. The van der Waals surface area contributed by atoms with Gasteiger partial charge in [0.2, 0.25) is 0 Å². The lowest BCUT2D eigenvalue weighted by molar-refractivity contribution is -0.137. The molecule has 2 unspecified atom stereocenters. The molecule has 3 N–H and O–H groups in total. The monoisotopic (exact) mass is 386 g/mol. The number of aliphatic hydroxyl groups is 1. The molecule has 1 aliphatic rings. The van der Waals surface area contributed by atoms with Gasteiger partial charge in [-0.2, -0.15) is 13.2 Å². The normalized spacial score (nSPS) is 22.0. The molecule has 0 amide bonds. The van der Waals surface area contributed by atoms with Crippen LogP contribution >= 0.6 is 11.6 Å². The smallest absolute Gasteiger partial charge is 0.417 e. The molecule has 0 spiro atoms. The zero-order valence-corrected chi connectivity index (χ0v) is 14.9. The van der Waals surface area contributed by atoms with Crippen LogP contribution in [0.4, 0.5) is 18.9 Å². The van der Waals surface area contributed by atoms with Crippen LogP contribution in [0.25, 0.3) is 0 Å². The lowest BCUT2D eigenvalue weighted by Crippen LogP contribution is -2.39. The van der Waals surface area contributed by atoms with Crippen LogP contribution in [0.5, 0.6) is 5.75 Å². The second-order valence-corrected chi connectivity index (χ2v) is 7.45. The van der Waals surface area contributed by atoms with Gasteiger partial charge < -0.3 is 15.5 Å². The minimum absolute atomic E-state index is 0.173. The van der Waals surface area contributed by atoms with E-state index >= 15 is 0 Å². The average Bonchev–Trinajstić information content (AvgIpc) is 2.53. The van der Waals surface area contributed by atoms with Crippen LogP contribution in [0.3, 0.4) is 0 Å². The number of aromatic nitrogens is 1. The second kappa shape index (κ2) is 6.32. The Balaban J connectivity index is 2.20. The fourth-order valence-corrected chi connectivity index (χ4v) is 3.84. The van der Waals surface area contributed by atoms with Crippen molar-refractivity contribution in [3.05, 3.63) is 52.3 Å². The minimum atomic E-state index is -4.73. The van der Waals surface area contributed by atoms with E-state index in [2.05, 4.69) is 10.3 Å². The van der Waals surface area contributed by atoms with Crippen molar-refractivity contribution in [2.45, 2.75) is 44.0 Å². The first-order valence-electron chi connectivity index (χ1n) is 8.00. The lowest BCUT2D eigenvalue weighted by Gasteiger charge is -2.42. The van der Waals surface area contributed by atoms with Gasteiger partial charge in [-0.3, -0.25) is 4.98 Å². The van der Waals surface area contributed by atoms with Crippen LogP contribution in [-0.2, 0) is 11.6 Å². The third-order valence-corrected chi connectivity index (χ3v) is 5.06.